The van der Waals surface area contributed by atoms with Gasteiger partial charge in [-0.3, -0.25) is 4.79 Å². The normalized spacial score (nSPS) is 16.6. The number of carbonyl (C=O) groups excluding carboxylic acids is 1. The number of aliphatic imine (C=N–C) groups is 1. The quantitative estimate of drug-likeness (QED) is 0.531. The Morgan fingerprint density at radius 1 is 1.07 bits per heavy atom. The van der Waals surface area contributed by atoms with Crippen LogP contribution in [0.5, 0.6) is 0 Å². The summed E-state index contributed by atoms with van der Waals surface area (Å²) in [5.41, 5.74) is 6.27. The minimum absolute atomic E-state index is 0.143. The first-order valence-electron chi connectivity index (χ1n) is 9.22. The van der Waals surface area contributed by atoms with Crippen molar-refractivity contribution in [3.63, 3.8) is 0 Å². The van der Waals surface area contributed by atoms with Gasteiger partial charge in [0, 0.05) is 22.1 Å². The summed E-state index contributed by atoms with van der Waals surface area (Å²) in [5.74, 6) is -0.143. The molecule has 0 bridgehead atoms. The van der Waals surface area contributed by atoms with Crippen molar-refractivity contribution in [2.45, 2.75) is 20.8 Å². The number of amides is 1. The minimum Gasteiger partial charge on any atom is -0.318 e. The van der Waals surface area contributed by atoms with E-state index in [1.54, 1.807) is 12.1 Å². The summed E-state index contributed by atoms with van der Waals surface area (Å²) in [6.07, 6.45) is 1.92. The lowest BCUT2D eigenvalue weighted by molar-refractivity contribution is -0.115. The second kappa shape index (κ2) is 7.93. The smallest absolute Gasteiger partial charge is 0.264 e. The van der Waals surface area contributed by atoms with Gasteiger partial charge in [0.25, 0.3) is 5.91 Å². The lowest BCUT2D eigenvalue weighted by atomic mass is 10.2. The predicted molar refractivity (Wildman–Crippen MR) is 122 cm³/mol. The zero-order valence-electron chi connectivity index (χ0n) is 16.4. The van der Waals surface area contributed by atoms with Gasteiger partial charge in [-0.2, -0.15) is 0 Å². The average molecular weight is 422 g/mol. The number of rotatable bonds is 3. The second-order valence-electron chi connectivity index (χ2n) is 6.96. The number of aryl methyl sites for hydroxylation is 2. The van der Waals surface area contributed by atoms with Gasteiger partial charge in [-0.1, -0.05) is 35.4 Å². The molecule has 1 saturated heterocycles. The zero-order valence-corrected chi connectivity index (χ0v) is 17.9. The first kappa shape index (κ1) is 19.6. The van der Waals surface area contributed by atoms with Crippen LogP contribution in [0.25, 0.3) is 11.8 Å². The monoisotopic (exact) mass is 421 g/mol. The van der Waals surface area contributed by atoms with Gasteiger partial charge in [-0.05, 0) is 80.6 Å². The largest absolute Gasteiger partial charge is 0.318 e. The molecule has 1 fully saturated rings. The zero-order chi connectivity index (χ0) is 20.5. The van der Waals surface area contributed by atoms with Gasteiger partial charge in [0.2, 0.25) is 0 Å². The van der Waals surface area contributed by atoms with Crippen molar-refractivity contribution >= 4 is 46.2 Å². The predicted octanol–water partition coefficient (Wildman–Crippen LogP) is 5.95. The molecule has 0 atom stereocenters. The van der Waals surface area contributed by atoms with Crippen molar-refractivity contribution in [1.29, 1.82) is 0 Å². The number of hydrogen-bond acceptors (Lipinski definition) is 3. The van der Waals surface area contributed by atoms with E-state index in [0.717, 1.165) is 22.6 Å². The first-order valence-corrected chi connectivity index (χ1v) is 10.4. The Hall–Kier alpha value is -2.76. The maximum Gasteiger partial charge on any atom is 0.264 e. The van der Waals surface area contributed by atoms with Crippen molar-refractivity contribution in [2.75, 3.05) is 0 Å². The summed E-state index contributed by atoms with van der Waals surface area (Å²) in [5, 5.41) is 3.99. The van der Waals surface area contributed by atoms with Crippen LogP contribution in [0.15, 0.2) is 64.5 Å². The number of hydrogen-bond donors (Lipinski definition) is 1. The van der Waals surface area contributed by atoms with E-state index in [2.05, 4.69) is 66.0 Å². The molecule has 146 valence electrons. The molecule has 1 aliphatic heterocycles. The van der Waals surface area contributed by atoms with Crippen LogP contribution in [0, 0.1) is 20.8 Å². The molecule has 0 saturated carbocycles. The van der Waals surface area contributed by atoms with Crippen LogP contribution in [0.3, 0.4) is 0 Å². The van der Waals surface area contributed by atoms with Crippen LogP contribution in [-0.2, 0) is 4.79 Å². The van der Waals surface area contributed by atoms with E-state index in [0.29, 0.717) is 20.8 Å². The minimum atomic E-state index is -0.143. The summed E-state index contributed by atoms with van der Waals surface area (Å²) in [7, 11) is 0. The molecule has 1 aliphatic rings. The lowest BCUT2D eigenvalue weighted by Gasteiger charge is -2.10. The van der Waals surface area contributed by atoms with E-state index >= 15 is 0 Å². The molecule has 0 spiro atoms. The molecule has 1 N–H and O–H groups in total. The van der Waals surface area contributed by atoms with E-state index in [1.165, 1.54) is 17.3 Å². The number of thioether (sulfide) groups is 1. The fraction of sp³-hybridized carbons (Fsp3) is 0.130. The number of halogens is 1. The van der Waals surface area contributed by atoms with Gasteiger partial charge in [0.1, 0.15) is 0 Å². The van der Waals surface area contributed by atoms with Gasteiger partial charge in [-0.15, -0.1) is 0 Å². The Morgan fingerprint density at radius 3 is 2.55 bits per heavy atom. The summed E-state index contributed by atoms with van der Waals surface area (Å²) < 4.78 is 2.20. The van der Waals surface area contributed by atoms with Crippen molar-refractivity contribution in [1.82, 2.24) is 9.88 Å². The number of nitrogens with one attached hydrogen (secondary N) is 1. The molecular formula is C23H20ClN3OS. The molecular weight excluding hydrogens is 402 g/mol. The molecule has 4 rings (SSSR count). The SMILES string of the molecule is Cc1ccc(-n2c(C)cc(/C=C3\SC(=Nc4cccc(Cl)c4)NC3=O)c2C)cc1. The third-order valence-corrected chi connectivity index (χ3v) is 5.88. The standard InChI is InChI=1S/C23H20ClN3OS/c1-14-7-9-20(10-8-14)27-15(2)11-17(16(27)3)12-21-22(28)26-23(29-21)25-19-6-4-5-18(24)13-19/h4-13H,1-3H3,(H,25,26,28)/b21-12-. The van der Waals surface area contributed by atoms with Crippen LogP contribution in [-0.4, -0.2) is 15.6 Å². The van der Waals surface area contributed by atoms with Crippen molar-refractivity contribution in [3.8, 4) is 5.69 Å². The van der Waals surface area contributed by atoms with E-state index in [9.17, 15) is 4.79 Å². The third kappa shape index (κ3) is 4.16. The molecule has 6 heteroatoms. The molecule has 29 heavy (non-hydrogen) atoms. The van der Waals surface area contributed by atoms with E-state index in [4.69, 9.17) is 11.6 Å². The summed E-state index contributed by atoms with van der Waals surface area (Å²) in [4.78, 5) is 17.5. The Bertz CT molecular complexity index is 1160. The van der Waals surface area contributed by atoms with Crippen molar-refractivity contribution in [3.05, 3.63) is 87.0 Å². The van der Waals surface area contributed by atoms with E-state index in [1.807, 2.05) is 18.2 Å². The van der Waals surface area contributed by atoms with Gasteiger partial charge in [0.05, 0.1) is 10.6 Å². The van der Waals surface area contributed by atoms with Gasteiger partial charge in [0.15, 0.2) is 5.17 Å². The molecule has 1 amide bonds. The summed E-state index contributed by atoms with van der Waals surface area (Å²) in [6.45, 7) is 6.22. The van der Waals surface area contributed by atoms with Crippen LogP contribution in [0.2, 0.25) is 5.02 Å². The molecule has 0 unspecified atom stereocenters. The number of carbonyl (C=O) groups is 1. The highest BCUT2D eigenvalue weighted by atomic mass is 35.5. The van der Waals surface area contributed by atoms with Crippen LogP contribution in [0.4, 0.5) is 5.69 Å². The number of amidine groups is 1. The molecule has 4 nitrogen and oxygen atoms in total. The fourth-order valence-corrected chi connectivity index (χ4v) is 4.33. The highest BCUT2D eigenvalue weighted by molar-refractivity contribution is 8.18. The van der Waals surface area contributed by atoms with Crippen LogP contribution < -0.4 is 5.32 Å². The fourth-order valence-electron chi connectivity index (χ4n) is 3.31. The molecule has 0 radical (unpaired) electrons. The van der Waals surface area contributed by atoms with Crippen LogP contribution >= 0.6 is 23.4 Å². The molecule has 3 aromatic rings. The third-order valence-electron chi connectivity index (χ3n) is 4.74. The summed E-state index contributed by atoms with van der Waals surface area (Å²) in [6, 6.07) is 17.8. The van der Waals surface area contributed by atoms with Crippen molar-refractivity contribution < 1.29 is 4.79 Å². The first-order chi connectivity index (χ1) is 13.9. The Balaban J connectivity index is 1.64. The van der Waals surface area contributed by atoms with Gasteiger partial charge >= 0.3 is 0 Å². The molecule has 1 aromatic heterocycles. The van der Waals surface area contributed by atoms with E-state index in [-0.39, 0.29) is 5.91 Å². The second-order valence-corrected chi connectivity index (χ2v) is 8.43. The molecule has 2 aromatic carbocycles. The number of nitrogens with zero attached hydrogens (tertiary/aromatic N) is 2. The topological polar surface area (TPSA) is 46.4 Å². The Morgan fingerprint density at radius 2 is 1.83 bits per heavy atom. The number of aromatic nitrogens is 1. The number of benzene rings is 2. The maximum atomic E-state index is 12.4. The molecule has 0 aliphatic carbocycles. The maximum absolute atomic E-state index is 12.4. The Kier molecular flexibility index (Phi) is 5.35. The van der Waals surface area contributed by atoms with Crippen LogP contribution in [0.1, 0.15) is 22.5 Å². The average Bonchev–Trinajstić information content (AvgIpc) is 3.15. The molecule has 2 heterocycles. The Labute approximate surface area is 179 Å². The lowest BCUT2D eigenvalue weighted by Crippen LogP contribution is -2.19. The summed E-state index contributed by atoms with van der Waals surface area (Å²) >= 11 is 7.35. The highest BCUT2D eigenvalue weighted by Crippen LogP contribution is 2.31. The van der Waals surface area contributed by atoms with E-state index < -0.39 is 0 Å². The van der Waals surface area contributed by atoms with Crippen molar-refractivity contribution in [2.24, 2.45) is 4.99 Å². The van der Waals surface area contributed by atoms with Gasteiger partial charge in [-0.25, -0.2) is 4.99 Å². The van der Waals surface area contributed by atoms with Gasteiger partial charge < -0.3 is 9.88 Å². The highest BCUT2D eigenvalue weighted by Gasteiger charge is 2.24.